The summed E-state index contributed by atoms with van der Waals surface area (Å²) in [6, 6.07) is 9.31. The lowest BCUT2D eigenvalue weighted by Gasteiger charge is -2.10. The standard InChI is InChI=1S/C18H14Cl2N6/c19-14-4-1-5-15(20)13(14)9-26-11-25-17(16-18(26)24-10-23-16)22-8-12-3-2-6-21-7-12/h1-7,10-11H,8-9H2,(H,23,24). The lowest BCUT2D eigenvalue weighted by atomic mass is 10.2. The fourth-order valence-electron chi connectivity index (χ4n) is 2.66. The summed E-state index contributed by atoms with van der Waals surface area (Å²) in [7, 11) is 0. The minimum absolute atomic E-state index is 0.468. The Labute approximate surface area is 159 Å². The van der Waals surface area contributed by atoms with Crippen LogP contribution in [-0.4, -0.2) is 24.5 Å². The Hall–Kier alpha value is -2.70. The van der Waals surface area contributed by atoms with Gasteiger partial charge in [-0.2, -0.15) is 0 Å². The highest BCUT2D eigenvalue weighted by molar-refractivity contribution is 6.36. The van der Waals surface area contributed by atoms with E-state index in [9.17, 15) is 0 Å². The molecule has 0 saturated carbocycles. The van der Waals surface area contributed by atoms with E-state index in [4.69, 9.17) is 23.2 Å². The largest absolute Gasteiger partial charge is 0.340 e. The summed E-state index contributed by atoms with van der Waals surface area (Å²) in [4.78, 5) is 20.6. The fourth-order valence-corrected chi connectivity index (χ4v) is 3.18. The van der Waals surface area contributed by atoms with Crippen LogP contribution in [0.15, 0.2) is 60.4 Å². The Bertz CT molecular complexity index is 1100. The zero-order valence-corrected chi connectivity index (χ0v) is 15.1. The number of hydrogen-bond acceptors (Lipinski definition) is 4. The Balaban J connectivity index is 1.72. The zero-order chi connectivity index (χ0) is 17.9. The maximum Gasteiger partial charge on any atom is 0.177 e. The van der Waals surface area contributed by atoms with E-state index in [-0.39, 0.29) is 0 Å². The first-order chi connectivity index (χ1) is 12.7. The summed E-state index contributed by atoms with van der Waals surface area (Å²) in [5.74, 6) is 0. The maximum absolute atomic E-state index is 6.28. The number of halogens is 2. The van der Waals surface area contributed by atoms with Crippen LogP contribution in [0.25, 0.3) is 11.2 Å². The predicted molar refractivity (Wildman–Crippen MR) is 101 cm³/mol. The molecule has 0 radical (unpaired) electrons. The number of pyridine rings is 1. The second kappa shape index (κ2) is 7.27. The van der Waals surface area contributed by atoms with Crippen LogP contribution < -0.4 is 5.49 Å². The van der Waals surface area contributed by atoms with Crippen molar-refractivity contribution >= 4 is 34.4 Å². The summed E-state index contributed by atoms with van der Waals surface area (Å²) in [5.41, 5.74) is 3.94. The number of imidazole rings is 1. The van der Waals surface area contributed by atoms with Gasteiger partial charge in [-0.3, -0.25) is 9.98 Å². The summed E-state index contributed by atoms with van der Waals surface area (Å²) in [6.07, 6.45) is 6.85. The van der Waals surface area contributed by atoms with E-state index in [1.807, 2.05) is 34.9 Å². The minimum atomic E-state index is 0.468. The van der Waals surface area contributed by atoms with E-state index in [1.165, 1.54) is 0 Å². The highest BCUT2D eigenvalue weighted by atomic mass is 35.5. The van der Waals surface area contributed by atoms with Crippen molar-refractivity contribution in [1.82, 2.24) is 24.5 Å². The number of H-pyrrole nitrogens is 1. The smallest absolute Gasteiger partial charge is 0.177 e. The first-order valence-corrected chi connectivity index (χ1v) is 8.69. The van der Waals surface area contributed by atoms with E-state index in [2.05, 4.69) is 24.9 Å². The van der Waals surface area contributed by atoms with Gasteiger partial charge in [0.05, 0.1) is 25.7 Å². The molecule has 3 aromatic heterocycles. The van der Waals surface area contributed by atoms with Gasteiger partial charge in [-0.15, -0.1) is 0 Å². The first-order valence-electron chi connectivity index (χ1n) is 7.93. The third-order valence-electron chi connectivity index (χ3n) is 3.96. The Morgan fingerprint density at radius 2 is 1.92 bits per heavy atom. The van der Waals surface area contributed by atoms with E-state index in [0.717, 1.165) is 22.3 Å². The average molecular weight is 385 g/mol. The number of fused-ring (bicyclic) bond motifs is 1. The molecule has 6 nitrogen and oxygen atoms in total. The molecule has 0 atom stereocenters. The lowest BCUT2D eigenvalue weighted by Crippen LogP contribution is -2.15. The van der Waals surface area contributed by atoms with Crippen LogP contribution in [0.2, 0.25) is 10.0 Å². The molecule has 0 fully saturated rings. The van der Waals surface area contributed by atoms with Crippen molar-refractivity contribution in [2.75, 3.05) is 0 Å². The quantitative estimate of drug-likeness (QED) is 0.583. The molecule has 8 heteroatoms. The van der Waals surface area contributed by atoms with Crippen LogP contribution in [-0.2, 0) is 13.1 Å². The SMILES string of the molecule is Clc1cccc(Cl)c1Cn1cnc(=NCc2cccnc2)c2[nH]cnc21. The second-order valence-corrected chi connectivity index (χ2v) is 6.49. The van der Waals surface area contributed by atoms with Crippen LogP contribution in [0.3, 0.4) is 0 Å². The number of aromatic nitrogens is 5. The number of nitrogens with one attached hydrogen (secondary N) is 1. The molecule has 0 aliphatic heterocycles. The minimum Gasteiger partial charge on any atom is -0.340 e. The lowest BCUT2D eigenvalue weighted by molar-refractivity contribution is 0.782. The van der Waals surface area contributed by atoms with Crippen LogP contribution in [0.5, 0.6) is 0 Å². The van der Waals surface area contributed by atoms with Gasteiger partial charge in [-0.05, 0) is 23.8 Å². The van der Waals surface area contributed by atoms with Crippen molar-refractivity contribution in [2.45, 2.75) is 13.1 Å². The Kier molecular flexibility index (Phi) is 4.69. The van der Waals surface area contributed by atoms with Crippen LogP contribution in [0.4, 0.5) is 0 Å². The maximum atomic E-state index is 6.28. The Morgan fingerprint density at radius 1 is 1.08 bits per heavy atom. The predicted octanol–water partition coefficient (Wildman–Crippen LogP) is 3.61. The number of benzene rings is 1. The molecule has 0 aliphatic carbocycles. The molecule has 0 amide bonds. The Morgan fingerprint density at radius 3 is 2.69 bits per heavy atom. The monoisotopic (exact) mass is 384 g/mol. The number of rotatable bonds is 4. The molecule has 0 bridgehead atoms. The highest BCUT2D eigenvalue weighted by Gasteiger charge is 2.10. The van der Waals surface area contributed by atoms with Crippen LogP contribution >= 0.6 is 23.2 Å². The second-order valence-electron chi connectivity index (χ2n) is 5.67. The van der Waals surface area contributed by atoms with Crippen molar-refractivity contribution in [1.29, 1.82) is 0 Å². The van der Waals surface area contributed by atoms with Gasteiger partial charge in [-0.25, -0.2) is 9.97 Å². The van der Waals surface area contributed by atoms with E-state index >= 15 is 0 Å². The molecule has 0 unspecified atom stereocenters. The van der Waals surface area contributed by atoms with Gasteiger partial charge in [0.1, 0.15) is 5.52 Å². The van der Waals surface area contributed by atoms with Gasteiger partial charge in [-0.1, -0.05) is 35.3 Å². The summed E-state index contributed by atoms with van der Waals surface area (Å²) >= 11 is 12.6. The van der Waals surface area contributed by atoms with Crippen molar-refractivity contribution in [3.05, 3.63) is 82.0 Å². The molecule has 4 aromatic rings. The van der Waals surface area contributed by atoms with Gasteiger partial charge in [0.2, 0.25) is 0 Å². The van der Waals surface area contributed by atoms with Gasteiger partial charge in [0.15, 0.2) is 11.1 Å². The van der Waals surface area contributed by atoms with E-state index in [1.54, 1.807) is 25.0 Å². The van der Waals surface area contributed by atoms with Gasteiger partial charge in [0.25, 0.3) is 0 Å². The summed E-state index contributed by atoms with van der Waals surface area (Å²) in [6.45, 7) is 0.963. The molecule has 1 N–H and O–H groups in total. The molecule has 26 heavy (non-hydrogen) atoms. The number of nitrogens with zero attached hydrogens (tertiary/aromatic N) is 5. The molecule has 0 saturated heterocycles. The molecule has 0 spiro atoms. The fraction of sp³-hybridized carbons (Fsp3) is 0.111. The first kappa shape index (κ1) is 16.8. The third kappa shape index (κ3) is 3.34. The summed E-state index contributed by atoms with van der Waals surface area (Å²) in [5, 5.41) is 1.22. The van der Waals surface area contributed by atoms with E-state index < -0.39 is 0 Å². The van der Waals surface area contributed by atoms with Gasteiger partial charge >= 0.3 is 0 Å². The number of hydrogen-bond donors (Lipinski definition) is 1. The van der Waals surface area contributed by atoms with Crippen molar-refractivity contribution in [3.63, 3.8) is 0 Å². The van der Waals surface area contributed by atoms with Crippen LogP contribution in [0, 0.1) is 0 Å². The van der Waals surface area contributed by atoms with Crippen molar-refractivity contribution in [3.8, 4) is 0 Å². The molecule has 4 rings (SSSR count). The average Bonchev–Trinajstić information content (AvgIpc) is 3.15. The molecule has 130 valence electrons. The summed E-state index contributed by atoms with van der Waals surface area (Å²) < 4.78 is 1.89. The van der Waals surface area contributed by atoms with Crippen LogP contribution in [0.1, 0.15) is 11.1 Å². The molecular weight excluding hydrogens is 371 g/mol. The van der Waals surface area contributed by atoms with Gasteiger partial charge in [0, 0.05) is 28.0 Å². The van der Waals surface area contributed by atoms with Crippen molar-refractivity contribution in [2.24, 2.45) is 4.99 Å². The number of aromatic amines is 1. The highest BCUT2D eigenvalue weighted by Crippen LogP contribution is 2.25. The topological polar surface area (TPSA) is 71.8 Å². The zero-order valence-electron chi connectivity index (χ0n) is 13.6. The third-order valence-corrected chi connectivity index (χ3v) is 4.67. The van der Waals surface area contributed by atoms with E-state index in [0.29, 0.717) is 28.6 Å². The van der Waals surface area contributed by atoms with Gasteiger partial charge < -0.3 is 9.55 Å². The molecule has 3 heterocycles. The normalized spacial score (nSPS) is 12.0. The molecule has 0 aliphatic rings. The molecular formula is C18H14Cl2N6. The molecule has 1 aromatic carbocycles. The van der Waals surface area contributed by atoms with Crippen molar-refractivity contribution < 1.29 is 0 Å².